The molecule has 8 aromatic carbocycles. The minimum Gasteiger partial charge on any atom is -0.355 e. The van der Waals surface area contributed by atoms with Crippen LogP contribution < -0.4 is 10.2 Å². The number of nitrogens with one attached hydrogen (secondary N) is 1. The largest absolute Gasteiger partial charge is 0.355 e. The highest BCUT2D eigenvalue weighted by Gasteiger charge is 2.25. The Hall–Kier alpha value is -6.20. The van der Waals surface area contributed by atoms with Crippen LogP contribution in [0.2, 0.25) is 20.1 Å². The van der Waals surface area contributed by atoms with Crippen LogP contribution in [0.1, 0.15) is 105 Å². The molecule has 77 heavy (non-hydrogen) atoms. The van der Waals surface area contributed by atoms with E-state index in [2.05, 4.69) is 185 Å². The Labute approximate surface area is 482 Å². The van der Waals surface area contributed by atoms with Crippen molar-refractivity contribution in [1.29, 1.82) is 0 Å². The summed E-state index contributed by atoms with van der Waals surface area (Å²) < 4.78 is 0.853. The number of rotatable bonds is 7. The molecule has 2 heterocycles. The highest BCUT2D eigenvalue weighted by molar-refractivity contribution is 9.10. The second-order valence-electron chi connectivity index (χ2n) is 23.2. The fraction of sp³-hybridized carbons (Fsp3) is 0.250. The maximum atomic E-state index is 6.91. The van der Waals surface area contributed by atoms with E-state index in [0.29, 0.717) is 20.1 Å². The Morgan fingerprint density at radius 2 is 0.792 bits per heavy atom. The lowest BCUT2D eigenvalue weighted by Crippen LogP contribution is -2.16. The molecule has 0 aliphatic carbocycles. The molecule has 10 aromatic rings. The number of anilines is 5. The zero-order valence-electron chi connectivity index (χ0n) is 45.7. The van der Waals surface area contributed by atoms with Crippen LogP contribution in [-0.4, -0.2) is 30.0 Å². The lowest BCUT2D eigenvalue weighted by molar-refractivity contribution is 0.590. The molecule has 0 fully saturated rings. The van der Waals surface area contributed by atoms with E-state index in [-0.39, 0.29) is 21.7 Å². The van der Waals surface area contributed by atoms with Crippen LogP contribution in [0.5, 0.6) is 0 Å². The molecule has 0 spiro atoms. The summed E-state index contributed by atoms with van der Waals surface area (Å²) in [6, 6.07) is 57.2. The number of benzene rings is 8. The molecular formula is C64H65BrCl4N8. The summed E-state index contributed by atoms with van der Waals surface area (Å²) in [5, 5.41) is 24.3. The normalized spacial score (nSPS) is 12.0. The first-order chi connectivity index (χ1) is 36.2. The third kappa shape index (κ3) is 13.9. The molecule has 396 valence electrons. The van der Waals surface area contributed by atoms with Crippen molar-refractivity contribution in [3.05, 3.63) is 217 Å². The Morgan fingerprint density at radius 1 is 0.390 bits per heavy atom. The van der Waals surface area contributed by atoms with Gasteiger partial charge in [-0.05, 0) is 169 Å². The maximum absolute atomic E-state index is 6.91. The molecule has 0 aliphatic rings. The summed E-state index contributed by atoms with van der Waals surface area (Å²) in [5.41, 5.74) is 15.1. The van der Waals surface area contributed by atoms with Gasteiger partial charge < -0.3 is 10.2 Å². The van der Waals surface area contributed by atoms with Crippen molar-refractivity contribution < 1.29 is 0 Å². The predicted molar refractivity (Wildman–Crippen MR) is 331 cm³/mol. The molecule has 0 radical (unpaired) electrons. The van der Waals surface area contributed by atoms with E-state index in [1.54, 1.807) is 9.59 Å². The molecule has 0 aliphatic heterocycles. The minimum atomic E-state index is -0.104. The van der Waals surface area contributed by atoms with Crippen molar-refractivity contribution in [2.24, 2.45) is 0 Å². The van der Waals surface area contributed by atoms with Crippen LogP contribution in [-0.2, 0) is 21.7 Å². The standard InChI is InChI=1S/C32H32Cl2N4.C22H22N4.C10H11BrCl2/c1-31(2,3)21-12-14-23(15-13-21)37(29-19-22(32(4,5)6)18-26(33)30(29)34)25-16-17-27-28(20-25)36-38(35-27)24-10-8-7-9-11-24;1-22(2,3)16-9-11-17(12-10-16)23-18-13-14-20-21(15-18)25-26(24-20)19-7-5-4-6-8-19;1-10(2,3)6-4-7(11)9(13)8(12)5-6/h7-20H,1-6H3;4-15,23H,1-3H3;4-5H,1-3H3. The van der Waals surface area contributed by atoms with Crippen LogP contribution >= 0.6 is 62.3 Å². The van der Waals surface area contributed by atoms with Crippen LogP contribution in [0.4, 0.5) is 28.4 Å². The number of nitrogens with zero attached hydrogens (tertiary/aromatic N) is 7. The van der Waals surface area contributed by atoms with Crippen LogP contribution in [0.15, 0.2) is 174 Å². The van der Waals surface area contributed by atoms with E-state index < -0.39 is 0 Å². The molecule has 0 unspecified atom stereocenters. The molecule has 10 rings (SSSR count). The molecule has 0 saturated heterocycles. The van der Waals surface area contributed by atoms with Crippen molar-refractivity contribution in [2.45, 2.75) is 105 Å². The van der Waals surface area contributed by atoms with E-state index >= 15 is 0 Å². The summed E-state index contributed by atoms with van der Waals surface area (Å²) >= 11 is 28.9. The van der Waals surface area contributed by atoms with Gasteiger partial charge in [-0.1, -0.05) is 190 Å². The second kappa shape index (κ2) is 23.0. The van der Waals surface area contributed by atoms with Crippen molar-refractivity contribution >= 4 is 113 Å². The fourth-order valence-electron chi connectivity index (χ4n) is 8.30. The van der Waals surface area contributed by atoms with E-state index in [4.69, 9.17) is 51.5 Å². The number of para-hydroxylation sites is 2. The Bertz CT molecular complexity index is 3620. The molecule has 13 heteroatoms. The number of fused-ring (bicyclic) bond motifs is 2. The average molecular weight is 1170 g/mol. The molecule has 0 amide bonds. The predicted octanol–water partition coefficient (Wildman–Crippen LogP) is 20.3. The first-order valence-corrected chi connectivity index (χ1v) is 27.8. The lowest BCUT2D eigenvalue weighted by Gasteiger charge is -2.30. The molecule has 1 N–H and O–H groups in total. The topological polar surface area (TPSA) is 76.7 Å². The van der Waals surface area contributed by atoms with Gasteiger partial charge in [0.1, 0.15) is 22.1 Å². The fourth-order valence-corrected chi connectivity index (χ4v) is 9.62. The Kier molecular flexibility index (Phi) is 17.0. The summed E-state index contributed by atoms with van der Waals surface area (Å²) in [6.07, 6.45) is 0. The smallest absolute Gasteiger partial charge is 0.115 e. The van der Waals surface area contributed by atoms with Gasteiger partial charge in [0.2, 0.25) is 0 Å². The number of hydrogen-bond acceptors (Lipinski definition) is 6. The quantitative estimate of drug-likeness (QED) is 0.160. The van der Waals surface area contributed by atoms with E-state index in [1.807, 2.05) is 109 Å². The first kappa shape index (κ1) is 57.0. The van der Waals surface area contributed by atoms with Crippen molar-refractivity contribution in [2.75, 3.05) is 10.2 Å². The molecule has 0 bridgehead atoms. The second-order valence-corrected chi connectivity index (χ2v) is 25.6. The van der Waals surface area contributed by atoms with Crippen molar-refractivity contribution in [3.8, 4) is 11.4 Å². The number of halogens is 5. The third-order valence-corrected chi connectivity index (χ3v) is 15.4. The third-order valence-electron chi connectivity index (χ3n) is 13.0. The first-order valence-electron chi connectivity index (χ1n) is 25.5. The van der Waals surface area contributed by atoms with E-state index in [9.17, 15) is 0 Å². The SMILES string of the molecule is CC(C)(C)c1cc(Cl)c(Cl)c(Br)c1.CC(C)(C)c1ccc(N(c2ccc3nn(-c4ccccc4)nc3c2)c2cc(C(C)(C)C)cc(Cl)c2Cl)cc1.CC(C)(C)c1ccc(Nc2ccc3nn(-c4ccccc4)nc3c2)cc1. The summed E-state index contributed by atoms with van der Waals surface area (Å²) in [7, 11) is 0. The monoisotopic (exact) mass is 1160 g/mol. The van der Waals surface area contributed by atoms with Crippen molar-refractivity contribution in [3.63, 3.8) is 0 Å². The summed E-state index contributed by atoms with van der Waals surface area (Å²) in [4.78, 5) is 5.49. The molecule has 8 nitrogen and oxygen atoms in total. The van der Waals surface area contributed by atoms with Gasteiger partial charge in [0.05, 0.1) is 37.2 Å². The molecule has 0 atom stereocenters. The highest BCUT2D eigenvalue weighted by atomic mass is 79.9. The van der Waals surface area contributed by atoms with Gasteiger partial charge in [0, 0.05) is 27.2 Å². The highest BCUT2D eigenvalue weighted by Crippen LogP contribution is 2.45. The van der Waals surface area contributed by atoms with Gasteiger partial charge in [-0.15, -0.1) is 20.4 Å². The number of aromatic nitrogens is 6. The number of hydrogen-bond donors (Lipinski definition) is 1. The minimum absolute atomic E-state index is 0.0469. The van der Waals surface area contributed by atoms with Crippen LogP contribution in [0.25, 0.3) is 33.4 Å². The van der Waals surface area contributed by atoms with E-state index in [0.717, 1.165) is 71.9 Å². The molecular weight excluding hydrogens is 1100 g/mol. The summed E-state index contributed by atoms with van der Waals surface area (Å²) in [6.45, 7) is 26.2. The lowest BCUT2D eigenvalue weighted by atomic mass is 9.86. The van der Waals surface area contributed by atoms with Gasteiger partial charge >= 0.3 is 0 Å². The van der Waals surface area contributed by atoms with Crippen LogP contribution in [0.3, 0.4) is 0 Å². The molecule has 0 saturated carbocycles. The van der Waals surface area contributed by atoms with Gasteiger partial charge in [-0.3, -0.25) is 0 Å². The van der Waals surface area contributed by atoms with Gasteiger partial charge in [0.25, 0.3) is 0 Å². The maximum Gasteiger partial charge on any atom is 0.115 e. The Balaban J connectivity index is 0.000000173. The average Bonchev–Trinajstić information content (AvgIpc) is 4.03. The Morgan fingerprint density at radius 3 is 1.27 bits per heavy atom. The van der Waals surface area contributed by atoms with Gasteiger partial charge in [0.15, 0.2) is 0 Å². The van der Waals surface area contributed by atoms with Crippen molar-refractivity contribution in [1.82, 2.24) is 30.0 Å². The summed E-state index contributed by atoms with van der Waals surface area (Å²) in [5.74, 6) is 0. The van der Waals surface area contributed by atoms with Gasteiger partial charge in [-0.2, -0.15) is 9.59 Å². The molecule has 2 aromatic heterocycles. The van der Waals surface area contributed by atoms with E-state index in [1.165, 1.54) is 16.7 Å². The zero-order chi connectivity index (χ0) is 55.6. The zero-order valence-corrected chi connectivity index (χ0v) is 50.3. The van der Waals surface area contributed by atoms with Gasteiger partial charge in [-0.25, -0.2) is 0 Å². The van der Waals surface area contributed by atoms with Crippen LogP contribution in [0, 0.1) is 0 Å².